The number of nitrogens with zero attached hydrogens (tertiary/aromatic N) is 2. The van der Waals surface area contributed by atoms with Gasteiger partial charge < -0.3 is 15.4 Å². The fourth-order valence-corrected chi connectivity index (χ4v) is 2.61. The van der Waals surface area contributed by atoms with Crippen LogP contribution >= 0.6 is 0 Å². The quantitative estimate of drug-likeness (QED) is 0.889. The number of aromatic nitrogens is 2. The highest BCUT2D eigenvalue weighted by Gasteiger charge is 2.31. The fraction of sp³-hybridized carbons (Fsp3) is 0.294. The summed E-state index contributed by atoms with van der Waals surface area (Å²) in [5, 5.41) is 5.60. The molecule has 3 rings (SSSR count). The Morgan fingerprint density at radius 2 is 2.21 bits per heavy atom. The van der Waals surface area contributed by atoms with E-state index in [9.17, 15) is 9.59 Å². The molecule has 0 bridgehead atoms. The van der Waals surface area contributed by atoms with Crippen LogP contribution in [-0.4, -0.2) is 28.9 Å². The van der Waals surface area contributed by atoms with E-state index in [0.29, 0.717) is 17.1 Å². The average molecular weight is 326 g/mol. The molecule has 2 aromatic rings. The molecule has 1 atom stereocenters. The minimum absolute atomic E-state index is 0.103. The van der Waals surface area contributed by atoms with Gasteiger partial charge in [-0.25, -0.2) is 0 Å². The van der Waals surface area contributed by atoms with Gasteiger partial charge in [-0.3, -0.25) is 19.6 Å². The van der Waals surface area contributed by atoms with E-state index in [2.05, 4.69) is 20.6 Å². The number of anilines is 1. The molecular formula is C17H18N4O3. The lowest BCUT2D eigenvalue weighted by Crippen LogP contribution is -2.35. The Morgan fingerprint density at radius 3 is 2.92 bits per heavy atom. The highest BCUT2D eigenvalue weighted by atomic mass is 16.5. The van der Waals surface area contributed by atoms with Crippen molar-refractivity contribution < 1.29 is 14.3 Å². The maximum absolute atomic E-state index is 12.6. The number of amides is 2. The number of fused-ring (bicyclic) bond motifs is 1. The Hall–Kier alpha value is -2.96. The van der Waals surface area contributed by atoms with Crippen LogP contribution in [0.1, 0.15) is 29.3 Å². The molecule has 0 fully saturated rings. The Morgan fingerprint density at radius 1 is 1.38 bits per heavy atom. The predicted octanol–water partition coefficient (Wildman–Crippen LogP) is 1.54. The third kappa shape index (κ3) is 3.34. The lowest BCUT2D eigenvalue weighted by Gasteiger charge is -2.25. The zero-order valence-electron chi connectivity index (χ0n) is 13.5. The second-order valence-electron chi connectivity index (χ2n) is 5.62. The predicted molar refractivity (Wildman–Crippen MR) is 87.6 cm³/mol. The number of rotatable bonds is 4. The van der Waals surface area contributed by atoms with E-state index in [1.807, 2.05) is 6.92 Å². The van der Waals surface area contributed by atoms with Crippen molar-refractivity contribution in [2.75, 3.05) is 12.4 Å². The van der Waals surface area contributed by atoms with Gasteiger partial charge in [0.1, 0.15) is 5.75 Å². The van der Waals surface area contributed by atoms with Gasteiger partial charge in [0.25, 0.3) is 0 Å². The van der Waals surface area contributed by atoms with Crippen LogP contribution < -0.4 is 15.4 Å². The van der Waals surface area contributed by atoms with Crippen LogP contribution in [0.25, 0.3) is 0 Å². The number of carbonyl (C=O) groups is 2. The van der Waals surface area contributed by atoms with E-state index in [-0.39, 0.29) is 24.8 Å². The Bertz CT molecular complexity index is 774. The molecule has 1 aromatic heterocycles. The zero-order valence-corrected chi connectivity index (χ0v) is 13.5. The summed E-state index contributed by atoms with van der Waals surface area (Å²) in [6.45, 7) is 2.11. The molecule has 1 aliphatic rings. The first-order chi connectivity index (χ1) is 11.6. The van der Waals surface area contributed by atoms with Crippen LogP contribution in [0.5, 0.6) is 5.75 Å². The number of aryl methyl sites for hydroxylation is 1. The second kappa shape index (κ2) is 6.66. The second-order valence-corrected chi connectivity index (χ2v) is 5.62. The Balaban J connectivity index is 1.77. The molecule has 0 saturated heterocycles. The van der Waals surface area contributed by atoms with E-state index in [0.717, 1.165) is 11.3 Å². The van der Waals surface area contributed by atoms with Crippen LogP contribution in [0.4, 0.5) is 5.69 Å². The van der Waals surface area contributed by atoms with Crippen molar-refractivity contribution in [3.8, 4) is 5.75 Å². The molecule has 7 nitrogen and oxygen atoms in total. The molecule has 0 spiro atoms. The van der Waals surface area contributed by atoms with Crippen molar-refractivity contribution in [3.63, 3.8) is 0 Å². The lowest BCUT2D eigenvalue weighted by atomic mass is 9.89. The maximum Gasteiger partial charge on any atom is 0.228 e. The molecule has 0 aliphatic carbocycles. The number of methoxy groups -OCH3 is 1. The van der Waals surface area contributed by atoms with Gasteiger partial charge in [0, 0.05) is 18.3 Å². The van der Waals surface area contributed by atoms with Gasteiger partial charge in [-0.15, -0.1) is 0 Å². The molecule has 2 amide bonds. The van der Waals surface area contributed by atoms with Gasteiger partial charge >= 0.3 is 0 Å². The minimum atomic E-state index is -0.553. The van der Waals surface area contributed by atoms with Crippen molar-refractivity contribution in [2.45, 2.75) is 25.8 Å². The summed E-state index contributed by atoms with van der Waals surface area (Å²) < 4.78 is 5.21. The lowest BCUT2D eigenvalue weighted by molar-refractivity contribution is -0.126. The first-order valence-electron chi connectivity index (χ1n) is 7.60. The van der Waals surface area contributed by atoms with Crippen molar-refractivity contribution in [3.05, 3.63) is 47.5 Å². The number of nitrogens with one attached hydrogen (secondary N) is 2. The molecule has 24 heavy (non-hydrogen) atoms. The topological polar surface area (TPSA) is 93.2 Å². The van der Waals surface area contributed by atoms with Crippen LogP contribution in [-0.2, 0) is 16.1 Å². The van der Waals surface area contributed by atoms with Crippen LogP contribution in [0.2, 0.25) is 0 Å². The van der Waals surface area contributed by atoms with Gasteiger partial charge in [0.05, 0.1) is 37.2 Å². The summed E-state index contributed by atoms with van der Waals surface area (Å²) >= 11 is 0. The number of ether oxygens (including phenoxy) is 1. The van der Waals surface area contributed by atoms with E-state index in [1.54, 1.807) is 37.7 Å². The summed E-state index contributed by atoms with van der Waals surface area (Å²) in [5.41, 5.74) is 2.87. The molecule has 0 saturated carbocycles. The third-order valence-corrected chi connectivity index (χ3v) is 3.89. The van der Waals surface area contributed by atoms with E-state index >= 15 is 0 Å². The smallest absolute Gasteiger partial charge is 0.228 e. The van der Waals surface area contributed by atoms with Crippen LogP contribution in [0.15, 0.2) is 30.6 Å². The molecule has 7 heteroatoms. The number of carbonyl (C=O) groups excluding carboxylic acids is 2. The highest BCUT2D eigenvalue weighted by molar-refractivity contribution is 6.01. The molecule has 124 valence electrons. The molecular weight excluding hydrogens is 308 g/mol. The zero-order chi connectivity index (χ0) is 17.1. The standard InChI is InChI=1S/C17H18N4O3/c1-10-7-19-11(8-18-10)9-20-17(23)14-6-16(22)21-15-4-3-12(24-2)5-13(14)15/h3-5,7-8,14H,6,9H2,1-2H3,(H,20,23)(H,21,22). The summed E-state index contributed by atoms with van der Waals surface area (Å²) in [7, 11) is 1.56. The normalized spacial score (nSPS) is 16.1. The minimum Gasteiger partial charge on any atom is -0.497 e. The van der Waals surface area contributed by atoms with E-state index < -0.39 is 5.92 Å². The summed E-state index contributed by atoms with van der Waals surface area (Å²) in [4.78, 5) is 32.8. The van der Waals surface area contributed by atoms with Crippen molar-refractivity contribution >= 4 is 17.5 Å². The highest BCUT2D eigenvalue weighted by Crippen LogP contribution is 2.35. The van der Waals surface area contributed by atoms with Gasteiger partial charge in [-0.2, -0.15) is 0 Å². The number of hydrogen-bond acceptors (Lipinski definition) is 5. The number of hydrogen-bond donors (Lipinski definition) is 2. The average Bonchev–Trinajstić information content (AvgIpc) is 2.59. The molecule has 1 unspecified atom stereocenters. The van der Waals surface area contributed by atoms with Crippen molar-refractivity contribution in [2.24, 2.45) is 0 Å². The van der Waals surface area contributed by atoms with Gasteiger partial charge in [-0.1, -0.05) is 0 Å². The summed E-state index contributed by atoms with van der Waals surface area (Å²) in [6.07, 6.45) is 3.38. The van der Waals surface area contributed by atoms with Crippen LogP contribution in [0, 0.1) is 6.92 Å². The van der Waals surface area contributed by atoms with E-state index in [1.165, 1.54) is 0 Å². The van der Waals surface area contributed by atoms with Crippen molar-refractivity contribution in [1.29, 1.82) is 0 Å². The first-order valence-corrected chi connectivity index (χ1v) is 7.60. The summed E-state index contributed by atoms with van der Waals surface area (Å²) in [6, 6.07) is 5.28. The first kappa shape index (κ1) is 15.9. The molecule has 1 aromatic carbocycles. The molecule has 2 heterocycles. The Kier molecular flexibility index (Phi) is 4.41. The largest absolute Gasteiger partial charge is 0.497 e. The molecule has 2 N–H and O–H groups in total. The van der Waals surface area contributed by atoms with E-state index in [4.69, 9.17) is 4.74 Å². The van der Waals surface area contributed by atoms with Gasteiger partial charge in [0.2, 0.25) is 11.8 Å². The molecule has 1 aliphatic heterocycles. The maximum atomic E-state index is 12.6. The monoisotopic (exact) mass is 326 g/mol. The van der Waals surface area contributed by atoms with Crippen LogP contribution in [0.3, 0.4) is 0 Å². The third-order valence-electron chi connectivity index (χ3n) is 3.89. The molecule has 0 radical (unpaired) electrons. The number of benzene rings is 1. The van der Waals surface area contributed by atoms with Gasteiger partial charge in [0.15, 0.2) is 0 Å². The SMILES string of the molecule is COc1ccc2c(c1)C(C(=O)NCc1cnc(C)cn1)CC(=O)N2. The fourth-order valence-electron chi connectivity index (χ4n) is 2.61. The van der Waals surface area contributed by atoms with Crippen molar-refractivity contribution in [1.82, 2.24) is 15.3 Å². The summed E-state index contributed by atoms with van der Waals surface area (Å²) in [5.74, 6) is -0.306. The van der Waals surface area contributed by atoms with Gasteiger partial charge in [-0.05, 0) is 30.7 Å². The Labute approximate surface area is 139 Å².